The number of fused-ring (bicyclic) bond motifs is 1. The molecule has 13 heavy (non-hydrogen) atoms. The molecule has 0 radical (unpaired) electrons. The van der Waals surface area contributed by atoms with Gasteiger partial charge < -0.3 is 5.32 Å². The van der Waals surface area contributed by atoms with Crippen LogP contribution in [-0.2, 0) is 6.42 Å². The van der Waals surface area contributed by atoms with Crippen LogP contribution in [0.2, 0.25) is 0 Å². The van der Waals surface area contributed by atoms with Crippen LogP contribution in [0.1, 0.15) is 18.4 Å². The molecular formula is C10H11BrFN. The Balaban J connectivity index is 2.47. The van der Waals surface area contributed by atoms with E-state index in [4.69, 9.17) is 0 Å². The molecule has 70 valence electrons. The first-order valence-corrected chi connectivity index (χ1v) is 5.28. The molecule has 0 aromatic heterocycles. The van der Waals surface area contributed by atoms with Crippen molar-refractivity contribution in [2.45, 2.75) is 19.3 Å². The van der Waals surface area contributed by atoms with Gasteiger partial charge in [0.15, 0.2) is 0 Å². The summed E-state index contributed by atoms with van der Waals surface area (Å²) in [6, 6.07) is 3.11. The third-order valence-corrected chi connectivity index (χ3v) is 3.04. The summed E-state index contributed by atoms with van der Waals surface area (Å²) in [6.45, 7) is 0.947. The maximum Gasteiger partial charge on any atom is 0.126 e. The molecule has 1 aromatic carbocycles. The highest BCUT2D eigenvalue weighted by Crippen LogP contribution is 2.29. The largest absolute Gasteiger partial charge is 0.385 e. The summed E-state index contributed by atoms with van der Waals surface area (Å²) in [5.41, 5.74) is 2.16. The van der Waals surface area contributed by atoms with Crippen molar-refractivity contribution >= 4 is 21.6 Å². The smallest absolute Gasteiger partial charge is 0.126 e. The molecule has 1 N–H and O–H groups in total. The summed E-state index contributed by atoms with van der Waals surface area (Å²) < 4.78 is 13.9. The van der Waals surface area contributed by atoms with Crippen LogP contribution in [0.15, 0.2) is 16.6 Å². The first-order chi connectivity index (χ1) is 6.27. The second kappa shape index (κ2) is 3.66. The second-order valence-corrected chi connectivity index (χ2v) is 4.15. The molecule has 1 heterocycles. The number of rotatable bonds is 0. The average molecular weight is 244 g/mol. The lowest BCUT2D eigenvalue weighted by Crippen LogP contribution is -2.00. The third kappa shape index (κ3) is 1.85. The first-order valence-electron chi connectivity index (χ1n) is 4.49. The van der Waals surface area contributed by atoms with Crippen LogP contribution < -0.4 is 5.32 Å². The molecular weight excluding hydrogens is 233 g/mol. The van der Waals surface area contributed by atoms with Crippen LogP contribution in [-0.4, -0.2) is 6.54 Å². The molecule has 1 aromatic rings. The van der Waals surface area contributed by atoms with Gasteiger partial charge in [0.1, 0.15) is 5.82 Å². The van der Waals surface area contributed by atoms with Crippen molar-refractivity contribution in [1.29, 1.82) is 0 Å². The summed E-state index contributed by atoms with van der Waals surface area (Å²) in [4.78, 5) is 0. The monoisotopic (exact) mass is 243 g/mol. The van der Waals surface area contributed by atoms with Crippen LogP contribution in [0.5, 0.6) is 0 Å². The Bertz CT molecular complexity index is 325. The molecule has 3 heteroatoms. The first kappa shape index (κ1) is 9.00. The van der Waals surface area contributed by atoms with Gasteiger partial charge in [-0.3, -0.25) is 0 Å². The van der Waals surface area contributed by atoms with Crippen LogP contribution in [0.4, 0.5) is 10.1 Å². The standard InChI is InChI=1S/C10H11BrFN/c11-9-5-7(12)6-10-8(9)3-1-2-4-13-10/h5-6,13H,1-4H2. The fourth-order valence-electron chi connectivity index (χ4n) is 1.67. The average Bonchev–Trinajstić information content (AvgIpc) is 2.28. The molecule has 0 atom stereocenters. The molecule has 0 spiro atoms. The highest BCUT2D eigenvalue weighted by atomic mass is 79.9. The van der Waals surface area contributed by atoms with Gasteiger partial charge in [-0.15, -0.1) is 0 Å². The van der Waals surface area contributed by atoms with Gasteiger partial charge in [0, 0.05) is 16.7 Å². The Morgan fingerprint density at radius 1 is 1.31 bits per heavy atom. The lowest BCUT2D eigenvalue weighted by Gasteiger charge is -2.09. The quantitative estimate of drug-likeness (QED) is 0.738. The fourth-order valence-corrected chi connectivity index (χ4v) is 2.30. The number of halogens is 2. The van der Waals surface area contributed by atoms with Crippen molar-refractivity contribution in [3.63, 3.8) is 0 Å². The van der Waals surface area contributed by atoms with Crippen molar-refractivity contribution in [3.8, 4) is 0 Å². The molecule has 0 fully saturated rings. The summed E-state index contributed by atoms with van der Waals surface area (Å²) >= 11 is 3.39. The number of hydrogen-bond acceptors (Lipinski definition) is 1. The van der Waals surface area contributed by atoms with Gasteiger partial charge in [0.05, 0.1) is 0 Å². The minimum atomic E-state index is -0.181. The zero-order chi connectivity index (χ0) is 9.26. The Morgan fingerprint density at radius 3 is 3.00 bits per heavy atom. The van der Waals surface area contributed by atoms with E-state index < -0.39 is 0 Å². The van der Waals surface area contributed by atoms with E-state index in [1.165, 1.54) is 18.1 Å². The summed E-state index contributed by atoms with van der Waals surface area (Å²) in [6.07, 6.45) is 3.36. The van der Waals surface area contributed by atoms with Gasteiger partial charge in [-0.25, -0.2) is 4.39 Å². The third-order valence-electron chi connectivity index (χ3n) is 2.33. The Morgan fingerprint density at radius 2 is 2.15 bits per heavy atom. The maximum absolute atomic E-state index is 13.0. The normalized spacial score (nSPS) is 15.8. The molecule has 2 rings (SSSR count). The predicted octanol–water partition coefficient (Wildman–Crippen LogP) is 3.34. The molecule has 1 aliphatic rings. The number of anilines is 1. The van der Waals surface area contributed by atoms with Crippen LogP contribution in [0, 0.1) is 5.82 Å². The molecule has 0 aliphatic carbocycles. The predicted molar refractivity (Wildman–Crippen MR) is 55.5 cm³/mol. The topological polar surface area (TPSA) is 12.0 Å². The van der Waals surface area contributed by atoms with Gasteiger partial charge >= 0.3 is 0 Å². The van der Waals surface area contributed by atoms with Gasteiger partial charge in [-0.05, 0) is 37.0 Å². The molecule has 0 saturated carbocycles. The van der Waals surface area contributed by atoms with Crippen LogP contribution in [0.25, 0.3) is 0 Å². The number of nitrogens with one attached hydrogen (secondary N) is 1. The van der Waals surface area contributed by atoms with Crippen LogP contribution >= 0.6 is 15.9 Å². The Hall–Kier alpha value is -0.570. The van der Waals surface area contributed by atoms with Crippen LogP contribution in [0.3, 0.4) is 0 Å². The van der Waals surface area contributed by atoms with E-state index in [1.807, 2.05) is 0 Å². The van der Waals surface area contributed by atoms with Gasteiger partial charge in [-0.2, -0.15) is 0 Å². The summed E-state index contributed by atoms with van der Waals surface area (Å²) in [5, 5.41) is 3.24. The second-order valence-electron chi connectivity index (χ2n) is 3.30. The minimum absolute atomic E-state index is 0.181. The van der Waals surface area contributed by atoms with E-state index >= 15 is 0 Å². The fraction of sp³-hybridized carbons (Fsp3) is 0.400. The summed E-state index contributed by atoms with van der Waals surface area (Å²) in [7, 11) is 0. The highest BCUT2D eigenvalue weighted by molar-refractivity contribution is 9.10. The van der Waals surface area contributed by atoms with E-state index in [9.17, 15) is 4.39 Å². The highest BCUT2D eigenvalue weighted by Gasteiger charge is 2.11. The zero-order valence-corrected chi connectivity index (χ0v) is 8.83. The molecule has 0 amide bonds. The molecule has 0 bridgehead atoms. The van der Waals surface area contributed by atoms with Crippen molar-refractivity contribution in [2.75, 3.05) is 11.9 Å². The zero-order valence-electron chi connectivity index (χ0n) is 7.24. The van der Waals surface area contributed by atoms with Crippen molar-refractivity contribution in [2.24, 2.45) is 0 Å². The van der Waals surface area contributed by atoms with E-state index in [-0.39, 0.29) is 5.82 Å². The van der Waals surface area contributed by atoms with E-state index in [0.29, 0.717) is 0 Å². The van der Waals surface area contributed by atoms with E-state index in [0.717, 1.165) is 29.5 Å². The van der Waals surface area contributed by atoms with E-state index in [1.54, 1.807) is 6.07 Å². The van der Waals surface area contributed by atoms with Crippen molar-refractivity contribution < 1.29 is 4.39 Å². The lowest BCUT2D eigenvalue weighted by atomic mass is 10.1. The number of benzene rings is 1. The van der Waals surface area contributed by atoms with Crippen molar-refractivity contribution in [3.05, 3.63) is 28.0 Å². The van der Waals surface area contributed by atoms with E-state index in [2.05, 4.69) is 21.2 Å². The molecule has 0 saturated heterocycles. The Labute approximate surface area is 85.5 Å². The lowest BCUT2D eigenvalue weighted by molar-refractivity contribution is 0.626. The minimum Gasteiger partial charge on any atom is -0.385 e. The maximum atomic E-state index is 13.0. The molecule has 1 nitrogen and oxygen atoms in total. The number of hydrogen-bond donors (Lipinski definition) is 1. The van der Waals surface area contributed by atoms with Crippen molar-refractivity contribution in [1.82, 2.24) is 0 Å². The van der Waals surface area contributed by atoms with Gasteiger partial charge in [0.2, 0.25) is 0 Å². The SMILES string of the molecule is Fc1cc(Br)c2c(c1)NCCCC2. The Kier molecular flexibility index (Phi) is 2.54. The van der Waals surface area contributed by atoms with Gasteiger partial charge in [-0.1, -0.05) is 15.9 Å². The molecule has 0 unspecified atom stereocenters. The van der Waals surface area contributed by atoms with Gasteiger partial charge in [0.25, 0.3) is 0 Å². The summed E-state index contributed by atoms with van der Waals surface area (Å²) in [5.74, 6) is -0.181. The molecule has 1 aliphatic heterocycles.